The van der Waals surface area contributed by atoms with Gasteiger partial charge in [-0.2, -0.15) is 0 Å². The smallest absolute Gasteiger partial charge is 0.333 e. The van der Waals surface area contributed by atoms with Gasteiger partial charge in [0.15, 0.2) is 0 Å². The molecule has 5 nitrogen and oxygen atoms in total. The van der Waals surface area contributed by atoms with Gasteiger partial charge >= 0.3 is 5.97 Å². The van der Waals surface area contributed by atoms with Crippen LogP contribution in [0.5, 0.6) is 0 Å². The predicted octanol–water partition coefficient (Wildman–Crippen LogP) is 1.18. The van der Waals surface area contributed by atoms with Crippen molar-refractivity contribution in [1.82, 2.24) is 0 Å². The van der Waals surface area contributed by atoms with Gasteiger partial charge in [0.25, 0.3) is 0 Å². The standard InChI is InChI=1S/C14H24O5/c1-4-10(5-2)19-12-8-9(14(17)18-6-3)7-11(15)13(12)16/h8,10-13,15-16H,4-7H2,1-3H3/t11-,12-,13+/m1/s1. The molecule has 0 heterocycles. The van der Waals surface area contributed by atoms with Gasteiger partial charge in [0.2, 0.25) is 0 Å². The van der Waals surface area contributed by atoms with Gasteiger partial charge in [-0.15, -0.1) is 0 Å². The third-order valence-electron chi connectivity index (χ3n) is 3.32. The zero-order chi connectivity index (χ0) is 14.4. The van der Waals surface area contributed by atoms with Crippen LogP contribution in [0.15, 0.2) is 11.6 Å². The highest BCUT2D eigenvalue weighted by Crippen LogP contribution is 2.24. The summed E-state index contributed by atoms with van der Waals surface area (Å²) in [7, 11) is 0. The number of esters is 1. The summed E-state index contributed by atoms with van der Waals surface area (Å²) in [6.07, 6.45) is 0.660. The molecule has 0 bridgehead atoms. The average Bonchev–Trinajstić information content (AvgIpc) is 2.40. The lowest BCUT2D eigenvalue weighted by atomic mass is 9.92. The van der Waals surface area contributed by atoms with Crippen LogP contribution in [0.4, 0.5) is 0 Å². The topological polar surface area (TPSA) is 76.0 Å². The number of carbonyl (C=O) groups is 1. The normalized spacial score (nSPS) is 27.3. The average molecular weight is 272 g/mol. The van der Waals surface area contributed by atoms with E-state index in [0.29, 0.717) is 5.57 Å². The Labute approximate surface area is 114 Å². The highest BCUT2D eigenvalue weighted by atomic mass is 16.5. The van der Waals surface area contributed by atoms with Crippen LogP contribution >= 0.6 is 0 Å². The lowest BCUT2D eigenvalue weighted by Gasteiger charge is -2.32. The first-order chi connectivity index (χ1) is 9.03. The van der Waals surface area contributed by atoms with E-state index in [2.05, 4.69) is 0 Å². The minimum atomic E-state index is -1.00. The van der Waals surface area contributed by atoms with Crippen LogP contribution in [0, 0.1) is 0 Å². The molecule has 1 aliphatic rings. The zero-order valence-electron chi connectivity index (χ0n) is 11.8. The van der Waals surface area contributed by atoms with Crippen LogP contribution in [0.3, 0.4) is 0 Å². The molecule has 0 spiro atoms. The van der Waals surface area contributed by atoms with E-state index in [-0.39, 0.29) is 19.1 Å². The van der Waals surface area contributed by atoms with Crippen LogP contribution < -0.4 is 0 Å². The Morgan fingerprint density at radius 1 is 1.37 bits per heavy atom. The maximum atomic E-state index is 11.7. The first-order valence-corrected chi connectivity index (χ1v) is 6.92. The summed E-state index contributed by atoms with van der Waals surface area (Å²) in [6.45, 7) is 6.00. The third-order valence-corrected chi connectivity index (χ3v) is 3.32. The number of rotatable bonds is 6. The van der Waals surface area contributed by atoms with Crippen LogP contribution in [0.1, 0.15) is 40.0 Å². The molecule has 1 rings (SSSR count). The second-order valence-electron chi connectivity index (χ2n) is 4.71. The van der Waals surface area contributed by atoms with E-state index in [1.165, 1.54) is 0 Å². The summed E-state index contributed by atoms with van der Waals surface area (Å²) >= 11 is 0. The van der Waals surface area contributed by atoms with Crippen molar-refractivity contribution in [3.05, 3.63) is 11.6 Å². The molecule has 2 N–H and O–H groups in total. The first-order valence-electron chi connectivity index (χ1n) is 6.92. The van der Waals surface area contributed by atoms with Gasteiger partial charge in [0.05, 0.1) is 18.8 Å². The second-order valence-corrected chi connectivity index (χ2v) is 4.71. The molecular weight excluding hydrogens is 248 g/mol. The molecule has 0 aromatic carbocycles. The largest absolute Gasteiger partial charge is 0.463 e. The molecular formula is C14H24O5. The van der Waals surface area contributed by atoms with E-state index < -0.39 is 24.3 Å². The van der Waals surface area contributed by atoms with Crippen molar-refractivity contribution in [3.63, 3.8) is 0 Å². The molecule has 1 aliphatic carbocycles. The maximum Gasteiger partial charge on any atom is 0.333 e. The zero-order valence-corrected chi connectivity index (χ0v) is 11.8. The van der Waals surface area contributed by atoms with E-state index in [0.717, 1.165) is 12.8 Å². The molecule has 0 saturated heterocycles. The quantitative estimate of drug-likeness (QED) is 0.710. The summed E-state index contributed by atoms with van der Waals surface area (Å²) in [6, 6.07) is 0. The Morgan fingerprint density at radius 2 is 2.00 bits per heavy atom. The molecule has 0 radical (unpaired) electrons. The summed E-state index contributed by atoms with van der Waals surface area (Å²) < 4.78 is 10.7. The Kier molecular flexibility index (Phi) is 6.48. The van der Waals surface area contributed by atoms with Crippen molar-refractivity contribution in [2.24, 2.45) is 0 Å². The van der Waals surface area contributed by atoms with Gasteiger partial charge in [-0.3, -0.25) is 0 Å². The van der Waals surface area contributed by atoms with Crippen LogP contribution in [0.25, 0.3) is 0 Å². The molecule has 0 amide bonds. The van der Waals surface area contributed by atoms with Crippen molar-refractivity contribution in [1.29, 1.82) is 0 Å². The molecule has 0 aromatic heterocycles. The van der Waals surface area contributed by atoms with Gasteiger partial charge in [-0.1, -0.05) is 13.8 Å². The van der Waals surface area contributed by atoms with Crippen molar-refractivity contribution < 1.29 is 24.5 Å². The summed E-state index contributed by atoms with van der Waals surface area (Å²) in [5.74, 6) is -0.452. The Hall–Kier alpha value is -0.910. The van der Waals surface area contributed by atoms with Gasteiger partial charge in [-0.25, -0.2) is 4.79 Å². The summed E-state index contributed by atoms with van der Waals surface area (Å²) in [5, 5.41) is 19.8. The van der Waals surface area contributed by atoms with Gasteiger partial charge in [0.1, 0.15) is 12.2 Å². The molecule has 0 aromatic rings. The Morgan fingerprint density at radius 3 is 2.53 bits per heavy atom. The molecule has 0 saturated carbocycles. The summed E-state index contributed by atoms with van der Waals surface area (Å²) in [4.78, 5) is 11.7. The second kappa shape index (κ2) is 7.62. The lowest BCUT2D eigenvalue weighted by molar-refractivity contribution is -0.141. The number of aliphatic hydroxyl groups excluding tert-OH is 2. The van der Waals surface area contributed by atoms with Gasteiger partial charge < -0.3 is 19.7 Å². The highest BCUT2D eigenvalue weighted by molar-refractivity contribution is 5.88. The van der Waals surface area contributed by atoms with Crippen LogP contribution in [-0.2, 0) is 14.3 Å². The van der Waals surface area contributed by atoms with E-state index in [9.17, 15) is 15.0 Å². The monoisotopic (exact) mass is 272 g/mol. The molecule has 0 aliphatic heterocycles. The van der Waals surface area contributed by atoms with Crippen molar-refractivity contribution in [3.8, 4) is 0 Å². The van der Waals surface area contributed by atoms with Crippen molar-refractivity contribution >= 4 is 5.97 Å². The number of carbonyl (C=O) groups excluding carboxylic acids is 1. The number of hydrogen-bond donors (Lipinski definition) is 2. The lowest BCUT2D eigenvalue weighted by Crippen LogP contribution is -2.44. The molecule has 0 fully saturated rings. The minimum absolute atomic E-state index is 0.00430. The Bertz CT molecular complexity index is 322. The number of ether oxygens (including phenoxy) is 2. The molecule has 3 atom stereocenters. The molecule has 0 unspecified atom stereocenters. The number of hydrogen-bond acceptors (Lipinski definition) is 5. The van der Waals surface area contributed by atoms with Crippen molar-refractivity contribution in [2.45, 2.75) is 64.4 Å². The maximum absolute atomic E-state index is 11.7. The third kappa shape index (κ3) is 4.30. The highest BCUT2D eigenvalue weighted by Gasteiger charge is 2.34. The molecule has 110 valence electrons. The van der Waals surface area contributed by atoms with Crippen molar-refractivity contribution in [2.75, 3.05) is 6.61 Å². The van der Waals surface area contributed by atoms with Gasteiger partial charge in [-0.05, 0) is 25.8 Å². The van der Waals surface area contributed by atoms with E-state index in [4.69, 9.17) is 9.47 Å². The van der Waals surface area contributed by atoms with Crippen LogP contribution in [0.2, 0.25) is 0 Å². The SMILES string of the molecule is CCOC(=O)C1=C[C@@H](OC(CC)CC)[C@@H](O)[C@H](O)C1. The van der Waals surface area contributed by atoms with Gasteiger partial charge in [0, 0.05) is 12.0 Å². The van der Waals surface area contributed by atoms with E-state index in [1.54, 1.807) is 13.0 Å². The van der Waals surface area contributed by atoms with E-state index in [1.807, 2.05) is 13.8 Å². The predicted molar refractivity (Wildman–Crippen MR) is 70.6 cm³/mol. The number of aliphatic hydroxyl groups is 2. The fourth-order valence-corrected chi connectivity index (χ4v) is 2.13. The fraction of sp³-hybridized carbons (Fsp3) is 0.786. The Balaban J connectivity index is 2.81. The molecule has 5 heteroatoms. The minimum Gasteiger partial charge on any atom is -0.463 e. The first kappa shape index (κ1) is 16.1. The fourth-order valence-electron chi connectivity index (χ4n) is 2.13. The van der Waals surface area contributed by atoms with Crippen LogP contribution in [-0.4, -0.2) is 47.2 Å². The van der Waals surface area contributed by atoms with E-state index >= 15 is 0 Å². The summed E-state index contributed by atoms with van der Waals surface area (Å²) in [5.41, 5.74) is 0.371. The molecule has 19 heavy (non-hydrogen) atoms.